The number of H-pyrrole nitrogens is 1. The third-order valence-corrected chi connectivity index (χ3v) is 6.07. The van der Waals surface area contributed by atoms with Crippen LogP contribution < -0.4 is 15.8 Å². The van der Waals surface area contributed by atoms with E-state index in [1.54, 1.807) is 31.2 Å². The Bertz CT molecular complexity index is 1140. The second-order valence-electron chi connectivity index (χ2n) is 7.81. The zero-order chi connectivity index (χ0) is 22.8. The molecule has 3 heterocycles. The molecule has 0 bridgehead atoms. The highest BCUT2D eigenvalue weighted by atomic mass is 35.5. The summed E-state index contributed by atoms with van der Waals surface area (Å²) in [5.41, 5.74) is 0.405. The summed E-state index contributed by atoms with van der Waals surface area (Å²) in [6, 6.07) is 8.70. The molecule has 0 saturated carbocycles. The number of carbonyl (C=O) groups is 2. The highest BCUT2D eigenvalue weighted by Crippen LogP contribution is 2.38. The average Bonchev–Trinajstić information content (AvgIpc) is 2.79. The molecule has 2 N–H and O–H groups in total. The average molecular weight is 456 g/mol. The SMILES string of the molecule is CCOC(=O)C1CCCN(c2nc3c(c(=O)[nH]2)C(c2ccc(Cl)cc2)C(C#N)C(=O)N3)C1. The van der Waals surface area contributed by atoms with Gasteiger partial charge in [0.05, 0.1) is 24.2 Å². The maximum absolute atomic E-state index is 13.2. The Kier molecular flexibility index (Phi) is 6.15. The zero-order valence-corrected chi connectivity index (χ0v) is 18.2. The second kappa shape index (κ2) is 9.01. The lowest BCUT2D eigenvalue weighted by Crippen LogP contribution is -2.43. The van der Waals surface area contributed by atoms with E-state index in [4.69, 9.17) is 16.3 Å². The molecule has 9 nitrogen and oxygen atoms in total. The molecular formula is C22H22ClN5O4. The van der Waals surface area contributed by atoms with Crippen molar-refractivity contribution in [2.45, 2.75) is 25.7 Å². The molecule has 2 aliphatic rings. The number of piperidine rings is 1. The van der Waals surface area contributed by atoms with Crippen LogP contribution in [0.25, 0.3) is 0 Å². The van der Waals surface area contributed by atoms with Gasteiger partial charge in [-0.05, 0) is 37.5 Å². The van der Waals surface area contributed by atoms with Crippen LogP contribution in [0.15, 0.2) is 29.1 Å². The maximum atomic E-state index is 13.2. The van der Waals surface area contributed by atoms with Gasteiger partial charge in [-0.25, -0.2) is 0 Å². The van der Waals surface area contributed by atoms with Gasteiger partial charge in [-0.3, -0.25) is 19.4 Å². The van der Waals surface area contributed by atoms with Crippen molar-refractivity contribution in [3.63, 3.8) is 0 Å². The van der Waals surface area contributed by atoms with E-state index in [9.17, 15) is 19.6 Å². The van der Waals surface area contributed by atoms with Gasteiger partial charge in [0, 0.05) is 24.0 Å². The minimum Gasteiger partial charge on any atom is -0.466 e. The van der Waals surface area contributed by atoms with Gasteiger partial charge in [-0.2, -0.15) is 10.2 Å². The molecule has 1 amide bonds. The van der Waals surface area contributed by atoms with Crippen molar-refractivity contribution >= 4 is 35.2 Å². The Hall–Kier alpha value is -3.38. The molecule has 0 radical (unpaired) electrons. The van der Waals surface area contributed by atoms with E-state index < -0.39 is 23.3 Å². The van der Waals surface area contributed by atoms with Gasteiger partial charge in [0.1, 0.15) is 11.7 Å². The van der Waals surface area contributed by atoms with Crippen molar-refractivity contribution < 1.29 is 14.3 Å². The van der Waals surface area contributed by atoms with Crippen LogP contribution in [0.2, 0.25) is 5.02 Å². The van der Waals surface area contributed by atoms with E-state index in [0.717, 1.165) is 6.42 Å². The molecule has 3 atom stereocenters. The monoisotopic (exact) mass is 455 g/mol. The number of fused-ring (bicyclic) bond motifs is 1. The number of halogens is 1. The van der Waals surface area contributed by atoms with Crippen LogP contribution in [-0.4, -0.2) is 41.5 Å². The van der Waals surface area contributed by atoms with Crippen molar-refractivity contribution in [1.29, 1.82) is 5.26 Å². The number of ether oxygens (including phenoxy) is 1. The van der Waals surface area contributed by atoms with Crippen molar-refractivity contribution in [2.24, 2.45) is 11.8 Å². The van der Waals surface area contributed by atoms with Crippen LogP contribution in [0.1, 0.15) is 36.8 Å². The predicted molar refractivity (Wildman–Crippen MR) is 117 cm³/mol. The Morgan fingerprint density at radius 3 is 2.78 bits per heavy atom. The summed E-state index contributed by atoms with van der Waals surface area (Å²) in [6.45, 7) is 3.03. The molecule has 2 aromatic rings. The van der Waals surface area contributed by atoms with E-state index in [1.165, 1.54) is 0 Å². The van der Waals surface area contributed by atoms with E-state index in [2.05, 4.69) is 15.3 Å². The van der Waals surface area contributed by atoms with Gasteiger partial charge in [0.2, 0.25) is 11.9 Å². The number of hydrogen-bond donors (Lipinski definition) is 2. The van der Waals surface area contributed by atoms with E-state index >= 15 is 0 Å². The highest BCUT2D eigenvalue weighted by Gasteiger charge is 2.40. The Morgan fingerprint density at radius 1 is 1.34 bits per heavy atom. The predicted octanol–water partition coefficient (Wildman–Crippen LogP) is 2.43. The zero-order valence-electron chi connectivity index (χ0n) is 17.4. The summed E-state index contributed by atoms with van der Waals surface area (Å²) >= 11 is 5.98. The van der Waals surface area contributed by atoms with Crippen molar-refractivity contribution in [3.8, 4) is 6.07 Å². The summed E-state index contributed by atoms with van der Waals surface area (Å²) in [5.74, 6) is -2.57. The molecule has 2 aliphatic heterocycles. The Balaban J connectivity index is 1.72. The summed E-state index contributed by atoms with van der Waals surface area (Å²) in [4.78, 5) is 47.1. The number of carbonyl (C=O) groups excluding carboxylic acids is 2. The molecule has 0 aliphatic carbocycles. The summed E-state index contributed by atoms with van der Waals surface area (Å²) in [5, 5.41) is 12.7. The highest BCUT2D eigenvalue weighted by molar-refractivity contribution is 6.30. The van der Waals surface area contributed by atoms with Crippen molar-refractivity contribution in [2.75, 3.05) is 29.9 Å². The Morgan fingerprint density at radius 2 is 2.09 bits per heavy atom. The molecule has 1 aromatic heterocycles. The first kappa shape index (κ1) is 21.8. The first-order chi connectivity index (χ1) is 15.4. The smallest absolute Gasteiger partial charge is 0.310 e. The number of nitrogens with one attached hydrogen (secondary N) is 2. The van der Waals surface area contributed by atoms with Crippen LogP contribution >= 0.6 is 11.6 Å². The standard InChI is InChI=1S/C22H22ClN5O4/c1-2-32-21(31)13-4-3-9-28(11-13)22-26-18-17(20(30)27-22)16(15(10-24)19(29)25-18)12-5-7-14(23)8-6-12/h5-8,13,15-16H,2-4,9,11H2,1H3,(H2,25,26,27,29,30). The van der Waals surface area contributed by atoms with Gasteiger partial charge in [0.15, 0.2) is 0 Å². The molecule has 1 aromatic carbocycles. The lowest BCUT2D eigenvalue weighted by Gasteiger charge is -2.33. The van der Waals surface area contributed by atoms with Crippen LogP contribution in [0.5, 0.6) is 0 Å². The van der Waals surface area contributed by atoms with Crippen molar-refractivity contribution in [1.82, 2.24) is 9.97 Å². The fraction of sp³-hybridized carbons (Fsp3) is 0.409. The molecule has 32 heavy (non-hydrogen) atoms. The van der Waals surface area contributed by atoms with Crippen LogP contribution in [0.3, 0.4) is 0 Å². The van der Waals surface area contributed by atoms with Gasteiger partial charge < -0.3 is 15.0 Å². The number of amides is 1. The van der Waals surface area contributed by atoms with Crippen LogP contribution in [-0.2, 0) is 14.3 Å². The second-order valence-corrected chi connectivity index (χ2v) is 8.25. The largest absolute Gasteiger partial charge is 0.466 e. The third-order valence-electron chi connectivity index (χ3n) is 5.82. The van der Waals surface area contributed by atoms with Crippen LogP contribution in [0, 0.1) is 23.2 Å². The summed E-state index contributed by atoms with van der Waals surface area (Å²) < 4.78 is 5.13. The quantitative estimate of drug-likeness (QED) is 0.677. The number of rotatable bonds is 4. The van der Waals surface area contributed by atoms with Crippen molar-refractivity contribution in [3.05, 3.63) is 50.8 Å². The van der Waals surface area contributed by atoms with Gasteiger partial charge in [0.25, 0.3) is 5.56 Å². The fourth-order valence-corrected chi connectivity index (χ4v) is 4.43. The van der Waals surface area contributed by atoms with E-state index in [1.807, 2.05) is 11.0 Å². The molecule has 10 heteroatoms. The first-order valence-corrected chi connectivity index (χ1v) is 10.8. The number of nitrogens with zero attached hydrogens (tertiary/aromatic N) is 3. The lowest BCUT2D eigenvalue weighted by atomic mass is 9.79. The summed E-state index contributed by atoms with van der Waals surface area (Å²) in [7, 11) is 0. The van der Waals surface area contributed by atoms with Gasteiger partial charge >= 0.3 is 5.97 Å². The number of esters is 1. The Labute approximate surface area is 189 Å². The number of anilines is 2. The normalized spacial score (nSPS) is 22.5. The van der Waals surface area contributed by atoms with Gasteiger partial charge in [-0.15, -0.1) is 0 Å². The molecule has 3 unspecified atom stereocenters. The lowest BCUT2D eigenvalue weighted by molar-refractivity contribution is -0.148. The third kappa shape index (κ3) is 4.06. The number of benzene rings is 1. The number of hydrogen-bond acceptors (Lipinski definition) is 7. The molecule has 1 fully saturated rings. The number of aromatic nitrogens is 2. The van der Waals surface area contributed by atoms with E-state index in [0.29, 0.717) is 36.7 Å². The number of nitriles is 1. The molecular weight excluding hydrogens is 434 g/mol. The minimum absolute atomic E-state index is 0.124. The van der Waals surface area contributed by atoms with E-state index in [-0.39, 0.29) is 29.2 Å². The summed E-state index contributed by atoms with van der Waals surface area (Å²) in [6.07, 6.45) is 1.43. The van der Waals surface area contributed by atoms with Crippen LogP contribution in [0.4, 0.5) is 11.8 Å². The first-order valence-electron chi connectivity index (χ1n) is 10.4. The maximum Gasteiger partial charge on any atom is 0.310 e. The minimum atomic E-state index is -1.08. The molecule has 0 spiro atoms. The number of aromatic amines is 1. The fourth-order valence-electron chi connectivity index (χ4n) is 4.30. The molecule has 166 valence electrons. The van der Waals surface area contributed by atoms with Gasteiger partial charge in [-0.1, -0.05) is 23.7 Å². The molecule has 1 saturated heterocycles. The topological polar surface area (TPSA) is 128 Å². The molecule has 4 rings (SSSR count).